The lowest BCUT2D eigenvalue weighted by molar-refractivity contribution is -0.127. The molecule has 1 aromatic rings. The van der Waals surface area contributed by atoms with Gasteiger partial charge >= 0.3 is 0 Å². The molecule has 1 aliphatic carbocycles. The Kier molecular flexibility index (Phi) is 4.53. The van der Waals surface area contributed by atoms with E-state index in [2.05, 4.69) is 4.72 Å². The summed E-state index contributed by atoms with van der Waals surface area (Å²) in [7, 11) is -3.62. The number of likely N-dealkylation sites (tertiary alicyclic amines) is 1. The molecular formula is C16H18ClFN2O4S. The van der Waals surface area contributed by atoms with Gasteiger partial charge in [-0.2, -0.15) is 0 Å². The van der Waals surface area contributed by atoms with E-state index in [9.17, 15) is 22.4 Å². The van der Waals surface area contributed by atoms with Crippen LogP contribution in [0.5, 0.6) is 0 Å². The van der Waals surface area contributed by atoms with Crippen LogP contribution in [0.4, 0.5) is 4.39 Å². The molecular weight excluding hydrogens is 371 g/mol. The van der Waals surface area contributed by atoms with E-state index in [1.807, 2.05) is 0 Å². The molecule has 0 spiro atoms. The number of halogens is 2. The first-order valence-corrected chi connectivity index (χ1v) is 9.85. The maximum atomic E-state index is 13.2. The fourth-order valence-corrected chi connectivity index (χ4v) is 4.45. The lowest BCUT2D eigenvalue weighted by atomic mass is 9.89. The number of sulfonamides is 1. The third-order valence-corrected chi connectivity index (χ3v) is 6.78. The van der Waals surface area contributed by atoms with Crippen LogP contribution in [0.3, 0.4) is 0 Å². The maximum Gasteiger partial charge on any atom is 0.253 e. The molecule has 136 valence electrons. The zero-order valence-electron chi connectivity index (χ0n) is 13.6. The van der Waals surface area contributed by atoms with Crippen LogP contribution in [0.2, 0.25) is 5.02 Å². The second kappa shape index (κ2) is 6.25. The topological polar surface area (TPSA) is 83.6 Å². The summed E-state index contributed by atoms with van der Waals surface area (Å²) in [4.78, 5) is 26.4. The van der Waals surface area contributed by atoms with Crippen molar-refractivity contribution in [2.45, 2.75) is 31.4 Å². The Morgan fingerprint density at radius 1 is 1.36 bits per heavy atom. The molecule has 9 heteroatoms. The zero-order valence-corrected chi connectivity index (χ0v) is 15.2. The van der Waals surface area contributed by atoms with Crippen LogP contribution in [-0.2, 0) is 14.8 Å². The van der Waals surface area contributed by atoms with E-state index in [4.69, 9.17) is 11.6 Å². The highest BCUT2D eigenvalue weighted by Crippen LogP contribution is 2.33. The zero-order chi connectivity index (χ0) is 18.4. The minimum Gasteiger partial charge on any atom is -0.338 e. The monoisotopic (exact) mass is 388 g/mol. The van der Waals surface area contributed by atoms with Gasteiger partial charge in [0.1, 0.15) is 5.82 Å². The number of hydrogen-bond acceptors (Lipinski definition) is 4. The molecule has 1 atom stereocenters. The second-order valence-electron chi connectivity index (χ2n) is 6.84. The van der Waals surface area contributed by atoms with Gasteiger partial charge in [0.25, 0.3) is 5.91 Å². The van der Waals surface area contributed by atoms with Gasteiger partial charge < -0.3 is 4.90 Å². The van der Waals surface area contributed by atoms with Gasteiger partial charge in [0.05, 0.1) is 15.7 Å². The van der Waals surface area contributed by atoms with E-state index < -0.39 is 32.4 Å². The smallest absolute Gasteiger partial charge is 0.253 e. The second-order valence-corrected chi connectivity index (χ2v) is 9.21. The van der Waals surface area contributed by atoms with Crippen molar-refractivity contribution in [1.29, 1.82) is 0 Å². The van der Waals surface area contributed by atoms with Crippen molar-refractivity contribution in [3.63, 3.8) is 0 Å². The quantitative estimate of drug-likeness (QED) is 0.854. The van der Waals surface area contributed by atoms with Crippen molar-refractivity contribution in [3.8, 4) is 0 Å². The van der Waals surface area contributed by atoms with Crippen LogP contribution in [0.1, 0.15) is 36.5 Å². The Morgan fingerprint density at radius 3 is 2.64 bits per heavy atom. The summed E-state index contributed by atoms with van der Waals surface area (Å²) in [6.45, 7) is 2.03. The average Bonchev–Trinajstić information content (AvgIpc) is 3.33. The van der Waals surface area contributed by atoms with Gasteiger partial charge in [-0.05, 0) is 44.4 Å². The summed E-state index contributed by atoms with van der Waals surface area (Å²) >= 11 is 5.70. The predicted octanol–water partition coefficient (Wildman–Crippen LogP) is 1.94. The van der Waals surface area contributed by atoms with E-state index in [0.717, 1.165) is 6.07 Å². The molecule has 25 heavy (non-hydrogen) atoms. The van der Waals surface area contributed by atoms with Gasteiger partial charge in [0.2, 0.25) is 15.9 Å². The van der Waals surface area contributed by atoms with Gasteiger partial charge in [0, 0.05) is 18.7 Å². The Bertz CT molecular complexity index is 841. The Labute approximate surface area is 150 Å². The van der Waals surface area contributed by atoms with Gasteiger partial charge in [-0.3, -0.25) is 14.3 Å². The average molecular weight is 389 g/mol. The lowest BCUT2D eigenvalue weighted by Gasteiger charge is -2.23. The van der Waals surface area contributed by atoms with Gasteiger partial charge in [-0.25, -0.2) is 12.8 Å². The number of nitrogens with zero attached hydrogens (tertiary/aromatic N) is 1. The van der Waals surface area contributed by atoms with Crippen molar-refractivity contribution in [1.82, 2.24) is 9.62 Å². The minimum atomic E-state index is -3.62. The van der Waals surface area contributed by atoms with Crippen LogP contribution >= 0.6 is 11.6 Å². The van der Waals surface area contributed by atoms with E-state index in [1.54, 1.807) is 6.92 Å². The summed E-state index contributed by atoms with van der Waals surface area (Å²) in [6, 6.07) is 3.68. The van der Waals surface area contributed by atoms with E-state index >= 15 is 0 Å². The molecule has 2 aliphatic rings. The molecule has 1 aromatic carbocycles. The van der Waals surface area contributed by atoms with Crippen LogP contribution in [0.25, 0.3) is 0 Å². The van der Waals surface area contributed by atoms with Crippen molar-refractivity contribution in [3.05, 3.63) is 34.6 Å². The summed E-state index contributed by atoms with van der Waals surface area (Å²) in [5, 5.41) is -0.637. The summed E-state index contributed by atoms with van der Waals surface area (Å²) in [6.07, 6.45) is 1.48. The highest BCUT2D eigenvalue weighted by atomic mass is 35.5. The summed E-state index contributed by atoms with van der Waals surface area (Å²) < 4.78 is 39.3. The third-order valence-electron chi connectivity index (χ3n) is 4.67. The molecule has 0 aromatic heterocycles. The predicted molar refractivity (Wildman–Crippen MR) is 90.1 cm³/mol. The third kappa shape index (κ3) is 3.64. The molecule has 1 N–H and O–H groups in total. The fourth-order valence-electron chi connectivity index (χ4n) is 2.85. The number of hydrogen-bond donors (Lipinski definition) is 1. The molecule has 0 radical (unpaired) electrons. The highest BCUT2D eigenvalue weighted by Gasteiger charge is 2.45. The minimum absolute atomic E-state index is 0.0901. The van der Waals surface area contributed by atoms with Crippen molar-refractivity contribution in [2.75, 3.05) is 13.1 Å². The lowest BCUT2D eigenvalue weighted by Crippen LogP contribution is -2.45. The van der Waals surface area contributed by atoms with Crippen LogP contribution < -0.4 is 4.72 Å². The van der Waals surface area contributed by atoms with E-state index in [0.29, 0.717) is 25.8 Å². The molecule has 1 saturated heterocycles. The van der Waals surface area contributed by atoms with Gasteiger partial charge in [-0.1, -0.05) is 11.6 Å². The number of amides is 2. The number of benzene rings is 1. The van der Waals surface area contributed by atoms with Gasteiger partial charge in [0.15, 0.2) is 0 Å². The van der Waals surface area contributed by atoms with E-state index in [1.165, 1.54) is 17.0 Å². The Hall–Kier alpha value is -1.67. The first-order valence-electron chi connectivity index (χ1n) is 7.93. The normalized spacial score (nSPS) is 23.6. The molecule has 1 saturated carbocycles. The Balaban J connectivity index is 1.70. The molecule has 1 aliphatic heterocycles. The summed E-state index contributed by atoms with van der Waals surface area (Å²) in [5.74, 6) is -1.58. The standard InChI is InChI=1S/C16H18ClFN2O4S/c1-16(15(22)19-25(23,24)11-3-4-11)6-7-20(9-16)14(21)10-2-5-13(18)12(17)8-10/h2,5,8,11H,3-4,6-7,9H2,1H3,(H,19,22). The SMILES string of the molecule is CC1(C(=O)NS(=O)(=O)C2CC2)CCN(C(=O)c2ccc(F)c(Cl)c2)C1. The van der Waals surface area contributed by atoms with Crippen molar-refractivity contribution in [2.24, 2.45) is 5.41 Å². The number of carbonyl (C=O) groups is 2. The molecule has 6 nitrogen and oxygen atoms in total. The van der Waals surface area contributed by atoms with Crippen LogP contribution in [-0.4, -0.2) is 43.5 Å². The van der Waals surface area contributed by atoms with Gasteiger partial charge in [-0.15, -0.1) is 0 Å². The Morgan fingerprint density at radius 2 is 2.04 bits per heavy atom. The van der Waals surface area contributed by atoms with Crippen molar-refractivity contribution >= 4 is 33.4 Å². The maximum absolute atomic E-state index is 13.2. The molecule has 1 unspecified atom stereocenters. The molecule has 3 rings (SSSR count). The largest absolute Gasteiger partial charge is 0.338 e. The van der Waals surface area contributed by atoms with Crippen molar-refractivity contribution < 1.29 is 22.4 Å². The fraction of sp³-hybridized carbons (Fsp3) is 0.500. The number of nitrogens with one attached hydrogen (secondary N) is 1. The first-order chi connectivity index (χ1) is 11.6. The number of rotatable bonds is 4. The van der Waals surface area contributed by atoms with Crippen LogP contribution in [0, 0.1) is 11.2 Å². The molecule has 2 amide bonds. The first kappa shape index (κ1) is 18.1. The molecule has 0 bridgehead atoms. The van der Waals surface area contributed by atoms with E-state index in [-0.39, 0.29) is 23.0 Å². The molecule has 2 fully saturated rings. The molecule has 1 heterocycles. The summed E-state index contributed by atoms with van der Waals surface area (Å²) in [5.41, 5.74) is -0.761. The number of carbonyl (C=O) groups excluding carboxylic acids is 2. The highest BCUT2D eigenvalue weighted by molar-refractivity contribution is 7.90. The van der Waals surface area contributed by atoms with Crippen LogP contribution in [0.15, 0.2) is 18.2 Å².